The highest BCUT2D eigenvalue weighted by Crippen LogP contribution is 2.24. The fourth-order valence-corrected chi connectivity index (χ4v) is 2.79. The molecule has 1 saturated heterocycles. The summed E-state index contributed by atoms with van der Waals surface area (Å²) in [5, 5.41) is 7.28. The highest BCUT2D eigenvalue weighted by Gasteiger charge is 2.25. The van der Waals surface area contributed by atoms with E-state index in [0.29, 0.717) is 18.3 Å². The molecule has 1 aliphatic rings. The lowest BCUT2D eigenvalue weighted by atomic mass is 10.0. The Morgan fingerprint density at radius 3 is 2.50 bits per heavy atom. The van der Waals surface area contributed by atoms with Gasteiger partial charge in [-0.1, -0.05) is 35.5 Å². The van der Waals surface area contributed by atoms with Crippen LogP contribution in [0, 0.1) is 0 Å². The Labute approximate surface area is 159 Å². The summed E-state index contributed by atoms with van der Waals surface area (Å²) in [5.41, 5.74) is 2.29. The second kappa shape index (κ2) is 8.83. The number of nitrogens with zero attached hydrogens (tertiary/aromatic N) is 2. The number of benzene rings is 2. The fourth-order valence-electron chi connectivity index (χ4n) is 2.79. The van der Waals surface area contributed by atoms with E-state index < -0.39 is 0 Å². The molecular weight excluding hydrogens is 350 g/mol. The van der Waals surface area contributed by atoms with Crippen molar-refractivity contribution in [1.29, 1.82) is 0 Å². The van der Waals surface area contributed by atoms with Crippen molar-refractivity contribution in [3.8, 4) is 17.1 Å². The zero-order chi connectivity index (χ0) is 16.9. The van der Waals surface area contributed by atoms with Crippen molar-refractivity contribution in [2.45, 2.75) is 18.8 Å². The van der Waals surface area contributed by atoms with E-state index in [-0.39, 0.29) is 12.4 Å². The van der Waals surface area contributed by atoms with Crippen molar-refractivity contribution in [1.82, 2.24) is 15.5 Å². The third kappa shape index (κ3) is 4.42. The van der Waals surface area contributed by atoms with Gasteiger partial charge in [0.15, 0.2) is 0 Å². The van der Waals surface area contributed by atoms with Gasteiger partial charge in [-0.3, -0.25) is 0 Å². The molecule has 0 atom stereocenters. The van der Waals surface area contributed by atoms with E-state index >= 15 is 0 Å². The van der Waals surface area contributed by atoms with Crippen LogP contribution in [0.25, 0.3) is 11.4 Å². The maximum Gasteiger partial charge on any atom is 0.232 e. The molecule has 2 heterocycles. The molecule has 5 nitrogen and oxygen atoms in total. The molecule has 0 spiro atoms. The van der Waals surface area contributed by atoms with Crippen LogP contribution >= 0.6 is 12.4 Å². The lowest BCUT2D eigenvalue weighted by molar-refractivity contribution is 0.308. The molecule has 6 heteroatoms. The molecule has 0 saturated carbocycles. The summed E-state index contributed by atoms with van der Waals surface area (Å²) in [6.45, 7) is 2.53. The fraction of sp³-hybridized carbons (Fsp3) is 0.300. The topological polar surface area (TPSA) is 60.2 Å². The van der Waals surface area contributed by atoms with Crippen molar-refractivity contribution >= 4 is 12.4 Å². The molecule has 4 rings (SSSR count). The number of aromatic nitrogens is 2. The molecular formula is C20H22ClN3O2. The Kier molecular flexibility index (Phi) is 6.26. The Hall–Kier alpha value is -2.37. The van der Waals surface area contributed by atoms with Crippen molar-refractivity contribution in [3.05, 3.63) is 66.1 Å². The molecule has 0 unspecified atom stereocenters. The van der Waals surface area contributed by atoms with Crippen LogP contribution in [0.5, 0.6) is 5.75 Å². The maximum atomic E-state index is 5.82. The molecule has 1 N–H and O–H groups in total. The predicted octanol–water partition coefficient (Wildman–Crippen LogP) is 3.86. The average molecular weight is 372 g/mol. The predicted molar refractivity (Wildman–Crippen MR) is 103 cm³/mol. The van der Waals surface area contributed by atoms with Gasteiger partial charge in [0.25, 0.3) is 0 Å². The van der Waals surface area contributed by atoms with Crippen LogP contribution in [0.4, 0.5) is 0 Å². The maximum absolute atomic E-state index is 5.82. The van der Waals surface area contributed by atoms with Crippen LogP contribution < -0.4 is 10.1 Å². The highest BCUT2D eigenvalue weighted by atomic mass is 35.5. The van der Waals surface area contributed by atoms with Gasteiger partial charge < -0.3 is 14.6 Å². The molecule has 2 aromatic carbocycles. The molecule has 3 aromatic rings. The molecule has 0 bridgehead atoms. The standard InChI is InChI=1S/C20H21N3O2.ClH/c1-2-5-15(6-3-1)7-4-12-24-18-10-8-16(9-11-18)19-22-20(25-23-19)17-13-21-14-17;/h1-3,5-6,8-11,17,21H,4,7,12-14H2;1H. The van der Waals surface area contributed by atoms with Crippen LogP contribution in [0.3, 0.4) is 0 Å². The van der Waals surface area contributed by atoms with Crippen molar-refractivity contribution < 1.29 is 9.26 Å². The summed E-state index contributed by atoms with van der Waals surface area (Å²) >= 11 is 0. The van der Waals surface area contributed by atoms with E-state index in [0.717, 1.165) is 43.1 Å². The van der Waals surface area contributed by atoms with E-state index in [1.807, 2.05) is 30.3 Å². The van der Waals surface area contributed by atoms with Gasteiger partial charge in [0.1, 0.15) is 5.75 Å². The molecule has 1 fully saturated rings. The molecule has 1 aromatic heterocycles. The summed E-state index contributed by atoms with van der Waals surface area (Å²) < 4.78 is 11.2. The average Bonchev–Trinajstić information content (AvgIpc) is 3.08. The summed E-state index contributed by atoms with van der Waals surface area (Å²) in [4.78, 5) is 4.48. The van der Waals surface area contributed by atoms with Crippen molar-refractivity contribution in [2.24, 2.45) is 0 Å². The van der Waals surface area contributed by atoms with Crippen LogP contribution in [0.15, 0.2) is 59.1 Å². The molecule has 1 aliphatic heterocycles. The zero-order valence-electron chi connectivity index (χ0n) is 14.4. The normalized spacial score (nSPS) is 13.7. The summed E-state index contributed by atoms with van der Waals surface area (Å²) in [6.07, 6.45) is 2.02. The van der Waals surface area contributed by atoms with Gasteiger partial charge in [-0.15, -0.1) is 12.4 Å². The SMILES string of the molecule is Cl.c1ccc(CCCOc2ccc(-c3noc(C4CNC4)n3)cc2)cc1. The Morgan fingerprint density at radius 1 is 1.04 bits per heavy atom. The Morgan fingerprint density at radius 2 is 1.81 bits per heavy atom. The van der Waals surface area contributed by atoms with E-state index in [1.165, 1.54) is 5.56 Å². The third-order valence-electron chi connectivity index (χ3n) is 4.41. The number of nitrogens with one attached hydrogen (secondary N) is 1. The summed E-state index contributed by atoms with van der Waals surface area (Å²) in [5.74, 6) is 2.57. The van der Waals surface area contributed by atoms with Gasteiger partial charge in [-0.05, 0) is 42.7 Å². The van der Waals surface area contributed by atoms with E-state index in [9.17, 15) is 0 Å². The monoisotopic (exact) mass is 371 g/mol. The van der Waals surface area contributed by atoms with Crippen LogP contribution in [0.2, 0.25) is 0 Å². The molecule has 0 radical (unpaired) electrons. The van der Waals surface area contributed by atoms with E-state index in [1.54, 1.807) is 0 Å². The molecule has 0 aliphatic carbocycles. The quantitative estimate of drug-likeness (QED) is 0.639. The summed E-state index contributed by atoms with van der Waals surface area (Å²) in [6, 6.07) is 18.3. The van der Waals surface area contributed by atoms with Gasteiger partial charge in [0, 0.05) is 18.7 Å². The first-order valence-electron chi connectivity index (χ1n) is 8.70. The van der Waals surface area contributed by atoms with Gasteiger partial charge >= 0.3 is 0 Å². The number of ether oxygens (including phenoxy) is 1. The van der Waals surface area contributed by atoms with Gasteiger partial charge in [-0.2, -0.15) is 4.98 Å². The minimum Gasteiger partial charge on any atom is -0.494 e. The smallest absolute Gasteiger partial charge is 0.232 e. The summed E-state index contributed by atoms with van der Waals surface area (Å²) in [7, 11) is 0. The Balaban J connectivity index is 0.00000196. The number of hydrogen-bond acceptors (Lipinski definition) is 5. The van der Waals surface area contributed by atoms with Crippen LogP contribution in [-0.2, 0) is 6.42 Å². The number of hydrogen-bond donors (Lipinski definition) is 1. The zero-order valence-corrected chi connectivity index (χ0v) is 15.2. The van der Waals surface area contributed by atoms with Crippen LogP contribution in [-0.4, -0.2) is 29.8 Å². The van der Waals surface area contributed by atoms with Crippen molar-refractivity contribution in [2.75, 3.05) is 19.7 Å². The molecule has 136 valence electrons. The first-order chi connectivity index (χ1) is 12.4. The van der Waals surface area contributed by atoms with E-state index in [2.05, 4.69) is 39.7 Å². The minimum absolute atomic E-state index is 0. The molecule has 26 heavy (non-hydrogen) atoms. The molecule has 0 amide bonds. The Bertz CT molecular complexity index is 801. The lowest BCUT2D eigenvalue weighted by Gasteiger charge is -2.22. The minimum atomic E-state index is 0. The largest absolute Gasteiger partial charge is 0.494 e. The number of rotatable bonds is 7. The second-order valence-corrected chi connectivity index (χ2v) is 6.27. The van der Waals surface area contributed by atoms with Gasteiger partial charge in [-0.25, -0.2) is 0 Å². The first-order valence-corrected chi connectivity index (χ1v) is 8.70. The van der Waals surface area contributed by atoms with E-state index in [4.69, 9.17) is 9.26 Å². The first kappa shape index (κ1) is 18.4. The lowest BCUT2D eigenvalue weighted by Crippen LogP contribution is -2.40. The highest BCUT2D eigenvalue weighted by molar-refractivity contribution is 5.85. The second-order valence-electron chi connectivity index (χ2n) is 6.27. The van der Waals surface area contributed by atoms with Crippen molar-refractivity contribution in [3.63, 3.8) is 0 Å². The third-order valence-corrected chi connectivity index (χ3v) is 4.41. The van der Waals surface area contributed by atoms with Gasteiger partial charge in [0.05, 0.1) is 12.5 Å². The number of halogens is 1. The number of aryl methyl sites for hydroxylation is 1. The van der Waals surface area contributed by atoms with Gasteiger partial charge in [0.2, 0.25) is 11.7 Å². The van der Waals surface area contributed by atoms with Crippen LogP contribution in [0.1, 0.15) is 23.8 Å².